The van der Waals surface area contributed by atoms with Crippen LogP contribution in [0.2, 0.25) is 0 Å². The van der Waals surface area contributed by atoms with Crippen molar-refractivity contribution in [3.05, 3.63) is 27.3 Å². The average Bonchev–Trinajstić information content (AvgIpc) is 2.63. The number of ether oxygens (including phenoxy) is 1. The number of nitrogens with zero attached hydrogens (tertiary/aromatic N) is 2. The first kappa shape index (κ1) is 12.1. The molecule has 1 aromatic rings. The average molecular weight is 305 g/mol. The highest BCUT2D eigenvalue weighted by Gasteiger charge is 2.54. The lowest BCUT2D eigenvalue weighted by Gasteiger charge is -2.27. The third-order valence-electron chi connectivity index (χ3n) is 2.85. The van der Waals surface area contributed by atoms with E-state index in [2.05, 4.69) is 10.9 Å². The van der Waals surface area contributed by atoms with Gasteiger partial charge in [-0.3, -0.25) is 9.55 Å². The lowest BCUT2D eigenvalue weighted by Crippen LogP contribution is -2.55. The number of rotatable bonds is 2. The van der Waals surface area contributed by atoms with Crippen LogP contribution in [-0.2, 0) is 4.74 Å². The molecule has 0 radical (unpaired) electrons. The van der Waals surface area contributed by atoms with Gasteiger partial charge in [-0.1, -0.05) is 5.92 Å². The minimum Gasteiger partial charge on any atom is -0.394 e. The zero-order valence-corrected chi connectivity index (χ0v) is 10.5. The van der Waals surface area contributed by atoms with E-state index in [-0.39, 0.29) is 0 Å². The van der Waals surface area contributed by atoms with Crippen molar-refractivity contribution in [1.82, 2.24) is 14.5 Å². The smallest absolute Gasteiger partial charge is 0.350 e. The van der Waals surface area contributed by atoms with Crippen molar-refractivity contribution >= 4 is 11.6 Å². The van der Waals surface area contributed by atoms with Gasteiger partial charge in [-0.2, -0.15) is 4.98 Å². The molecule has 5 N–H and O–H groups in total. The Hall–Kier alpha value is -1.70. The van der Waals surface area contributed by atoms with Crippen molar-refractivity contribution in [3.8, 4) is 11.3 Å². The second-order valence-corrected chi connectivity index (χ2v) is 4.21. The van der Waals surface area contributed by atoms with Crippen LogP contribution in [0.4, 0.5) is 0 Å². The Labute approximate surface area is 119 Å². The van der Waals surface area contributed by atoms with Gasteiger partial charge in [0.05, 0.1) is 9.30 Å². The highest BCUT2D eigenvalue weighted by Crippen LogP contribution is 2.35. The largest absolute Gasteiger partial charge is 0.394 e. The Morgan fingerprint density at radius 1 is 1.75 bits per heavy atom. The number of aliphatic hydroxyl groups is 2. The number of H-pyrrole nitrogens is 1. The Morgan fingerprint density at radius 3 is 3.00 bits per heavy atom. The van der Waals surface area contributed by atoms with Gasteiger partial charge < -0.3 is 20.7 Å². The third-order valence-corrected chi connectivity index (χ3v) is 2.95. The number of halogens is 1. The number of hydrogen-bond donors (Lipinski definition) is 4. The molecule has 0 aliphatic carbocycles. The Balaban J connectivity index is 2.59. The quantitative estimate of drug-likeness (QED) is 0.428. The van der Waals surface area contributed by atoms with Crippen LogP contribution in [0, 0.1) is 11.3 Å². The molecule has 2 rings (SSSR count). The molecule has 1 fully saturated rings. The lowest BCUT2D eigenvalue weighted by atomic mass is 9.92. The van der Waals surface area contributed by atoms with E-state index in [0.29, 0.717) is 4.57 Å². The zero-order valence-electron chi connectivity index (χ0n) is 11.8. The first-order valence-corrected chi connectivity index (χ1v) is 5.64. The molecule has 0 saturated carbocycles. The molecule has 1 aliphatic rings. The molecule has 9 nitrogen and oxygen atoms in total. The number of aliphatic hydroxyl groups excluding tert-OH is 1. The Morgan fingerprint density at radius 2 is 2.45 bits per heavy atom. The predicted molar refractivity (Wildman–Crippen MR) is 66.7 cm³/mol. The van der Waals surface area contributed by atoms with Crippen molar-refractivity contribution in [2.75, 3.05) is 6.56 Å². The summed E-state index contributed by atoms with van der Waals surface area (Å²) in [4.78, 5) is 27.9. The van der Waals surface area contributed by atoms with E-state index < -0.39 is 41.9 Å². The van der Waals surface area contributed by atoms with Gasteiger partial charge in [-0.15, -0.1) is 0 Å². The molecular weight excluding hydrogens is 292 g/mol. The van der Waals surface area contributed by atoms with Crippen LogP contribution in [-0.4, -0.2) is 49.1 Å². The van der Waals surface area contributed by atoms with Gasteiger partial charge in [-0.25, -0.2) is 9.59 Å². The highest BCUT2D eigenvalue weighted by molar-refractivity contribution is 6.30. The molecule has 1 aliphatic heterocycles. The van der Waals surface area contributed by atoms with Crippen LogP contribution in [0.5, 0.6) is 0 Å². The van der Waals surface area contributed by atoms with Crippen LogP contribution in [0.15, 0.2) is 15.9 Å². The van der Waals surface area contributed by atoms with Gasteiger partial charge in [0, 0.05) is 5.38 Å². The van der Waals surface area contributed by atoms with Crippen LogP contribution in [0.3, 0.4) is 0 Å². The molecule has 0 spiro atoms. The van der Waals surface area contributed by atoms with Crippen molar-refractivity contribution < 1.29 is 17.7 Å². The first-order valence-electron chi connectivity index (χ1n) is 6.26. The van der Waals surface area contributed by atoms with E-state index >= 15 is 0 Å². The molecule has 1 saturated heterocycles. The SMILES string of the molecule is [2H]C([2H])(O)[C@H]1O[C@@H](n2cnc(=O)[nH]c2=O)[C@@](N)(C#CCl)C1O. The van der Waals surface area contributed by atoms with E-state index in [1.165, 1.54) is 0 Å². The Kier molecular flexibility index (Phi) is 3.23. The van der Waals surface area contributed by atoms with Crippen LogP contribution >= 0.6 is 11.6 Å². The van der Waals surface area contributed by atoms with Crippen molar-refractivity contribution in [2.45, 2.75) is 24.0 Å². The third kappa shape index (κ3) is 2.24. The summed E-state index contributed by atoms with van der Waals surface area (Å²) >= 11 is 5.29. The summed E-state index contributed by atoms with van der Waals surface area (Å²) in [6.07, 6.45) is -4.37. The van der Waals surface area contributed by atoms with Crippen LogP contribution < -0.4 is 17.1 Å². The van der Waals surface area contributed by atoms with Crippen molar-refractivity contribution in [1.29, 1.82) is 0 Å². The van der Waals surface area contributed by atoms with Gasteiger partial charge >= 0.3 is 11.4 Å². The standard InChI is InChI=1S/C10H11ClN4O5/c11-2-1-10(12)6(17)5(3-16)20-7(10)15-4-13-8(18)14-9(15)19/h4-7,16-17H,3,12H2,(H,14,18,19)/t5-,6?,7-,10-/m1/s1/i3D2. The minimum absolute atomic E-state index is 0.706. The molecule has 10 heteroatoms. The molecule has 0 aromatic carbocycles. The first-order chi connectivity index (χ1) is 10.1. The normalized spacial score (nSPS) is 34.9. The molecule has 0 amide bonds. The number of nitrogens with one attached hydrogen (secondary N) is 1. The molecule has 2 heterocycles. The molecule has 108 valence electrons. The Bertz CT molecular complexity index is 750. The van der Waals surface area contributed by atoms with E-state index in [1.54, 1.807) is 0 Å². The summed E-state index contributed by atoms with van der Waals surface area (Å²) in [6, 6.07) is 0. The fraction of sp³-hybridized carbons (Fsp3) is 0.500. The van der Waals surface area contributed by atoms with Crippen molar-refractivity contribution in [3.63, 3.8) is 0 Å². The van der Waals surface area contributed by atoms with E-state index in [1.807, 2.05) is 10.4 Å². The van der Waals surface area contributed by atoms with Gasteiger partial charge in [0.1, 0.15) is 18.5 Å². The summed E-state index contributed by atoms with van der Waals surface area (Å²) in [6.45, 7) is -2.97. The monoisotopic (exact) mass is 304 g/mol. The summed E-state index contributed by atoms with van der Waals surface area (Å²) in [7, 11) is 0. The molecule has 1 aromatic heterocycles. The van der Waals surface area contributed by atoms with Crippen LogP contribution in [0.25, 0.3) is 0 Å². The maximum absolute atomic E-state index is 11.8. The van der Waals surface area contributed by atoms with Crippen LogP contribution in [0.1, 0.15) is 8.97 Å². The van der Waals surface area contributed by atoms with Gasteiger partial charge in [0.15, 0.2) is 11.8 Å². The van der Waals surface area contributed by atoms with Gasteiger partial charge in [0.25, 0.3) is 0 Å². The maximum atomic E-state index is 11.8. The molecule has 20 heavy (non-hydrogen) atoms. The van der Waals surface area contributed by atoms with E-state index in [4.69, 9.17) is 24.8 Å². The number of hydrogen-bond acceptors (Lipinski definition) is 7. The molecule has 4 atom stereocenters. The summed E-state index contributed by atoms with van der Waals surface area (Å²) < 4.78 is 20.4. The maximum Gasteiger partial charge on any atom is 0.350 e. The van der Waals surface area contributed by atoms with E-state index in [9.17, 15) is 19.8 Å². The summed E-state index contributed by atoms with van der Waals surface area (Å²) in [5, 5.41) is 21.5. The number of aromatic amines is 1. The highest BCUT2D eigenvalue weighted by atomic mass is 35.5. The summed E-state index contributed by atoms with van der Waals surface area (Å²) in [5.41, 5.74) is 1.98. The number of nitrogens with two attached hydrogens (primary N) is 1. The zero-order chi connectivity index (χ0) is 16.7. The molecular formula is C10H11ClN4O5. The predicted octanol–water partition coefficient (Wildman–Crippen LogP) is -2.92. The second-order valence-electron chi connectivity index (χ2n) is 4.02. The fourth-order valence-corrected chi connectivity index (χ4v) is 2.02. The van der Waals surface area contributed by atoms with Crippen molar-refractivity contribution in [2.24, 2.45) is 5.73 Å². The van der Waals surface area contributed by atoms with Gasteiger partial charge in [0.2, 0.25) is 0 Å². The lowest BCUT2D eigenvalue weighted by molar-refractivity contribution is -0.0481. The van der Waals surface area contributed by atoms with Gasteiger partial charge in [-0.05, 0) is 11.6 Å². The summed E-state index contributed by atoms with van der Waals surface area (Å²) in [5.74, 6) is 2.22. The molecule has 1 unspecified atom stereocenters. The minimum atomic E-state index is -2.97. The molecule has 0 bridgehead atoms. The number of aromatic nitrogens is 3. The topological polar surface area (TPSA) is 143 Å². The fourth-order valence-electron chi connectivity index (χ4n) is 1.86. The van der Waals surface area contributed by atoms with E-state index in [0.717, 1.165) is 6.33 Å². The second kappa shape index (κ2) is 5.35.